The van der Waals surface area contributed by atoms with E-state index in [9.17, 15) is 0 Å². The van der Waals surface area contributed by atoms with E-state index in [1.807, 2.05) is 0 Å². The molecule has 0 amide bonds. The first kappa shape index (κ1) is 15.3. The number of para-hydroxylation sites is 1. The van der Waals surface area contributed by atoms with Crippen LogP contribution < -0.4 is 4.90 Å². The van der Waals surface area contributed by atoms with Gasteiger partial charge in [0, 0.05) is 37.4 Å². The van der Waals surface area contributed by atoms with Crippen molar-refractivity contribution in [3.63, 3.8) is 0 Å². The van der Waals surface area contributed by atoms with Gasteiger partial charge in [0.2, 0.25) is 0 Å². The van der Waals surface area contributed by atoms with Crippen LogP contribution in [0.25, 0.3) is 0 Å². The minimum atomic E-state index is 0.499. The monoisotopic (exact) mass is 291 g/mol. The van der Waals surface area contributed by atoms with Gasteiger partial charge in [0.05, 0.1) is 0 Å². The number of rotatable bonds is 4. The summed E-state index contributed by atoms with van der Waals surface area (Å²) in [6.07, 6.45) is 1.15. The summed E-state index contributed by atoms with van der Waals surface area (Å²) in [5.74, 6) is 0. The Balaban J connectivity index is 2.31. The van der Waals surface area contributed by atoms with Crippen LogP contribution in [0.3, 0.4) is 0 Å². The third-order valence-corrected chi connectivity index (χ3v) is 4.55. The van der Waals surface area contributed by atoms with Crippen LogP contribution in [0, 0.1) is 0 Å². The molecule has 0 radical (unpaired) electrons. The maximum absolute atomic E-state index is 5.70. The zero-order chi connectivity index (χ0) is 14.7. The number of benzene rings is 1. The quantitative estimate of drug-likeness (QED) is 0.788. The Bertz CT molecular complexity index is 473. The summed E-state index contributed by atoms with van der Waals surface area (Å²) >= 11 is 5.70. The Morgan fingerprint density at radius 3 is 2.65 bits per heavy atom. The summed E-state index contributed by atoms with van der Waals surface area (Å²) in [4.78, 5) is 7.97. The largest absolute Gasteiger partial charge is 0.369 e. The van der Waals surface area contributed by atoms with Gasteiger partial charge in [-0.15, -0.1) is 0 Å². The maximum Gasteiger partial charge on any atom is 0.111 e. The number of anilines is 1. The van der Waals surface area contributed by atoms with Gasteiger partial charge < -0.3 is 14.7 Å². The summed E-state index contributed by atoms with van der Waals surface area (Å²) in [7, 11) is 6.46. The van der Waals surface area contributed by atoms with Crippen LogP contribution in [0.4, 0.5) is 5.69 Å². The van der Waals surface area contributed by atoms with Crippen LogP contribution >= 0.6 is 12.2 Å². The summed E-state index contributed by atoms with van der Waals surface area (Å²) in [6, 6.07) is 9.00. The van der Waals surface area contributed by atoms with Crippen LogP contribution in [-0.2, 0) is 0 Å². The summed E-state index contributed by atoms with van der Waals surface area (Å²) in [5.41, 5.74) is 2.46. The Labute approximate surface area is 128 Å². The average molecular weight is 291 g/mol. The second-order valence-corrected chi connectivity index (χ2v) is 6.10. The van der Waals surface area contributed by atoms with E-state index >= 15 is 0 Å². The van der Waals surface area contributed by atoms with E-state index in [1.165, 1.54) is 11.3 Å². The molecule has 0 saturated heterocycles. The van der Waals surface area contributed by atoms with Gasteiger partial charge in [0.15, 0.2) is 0 Å². The van der Waals surface area contributed by atoms with E-state index < -0.39 is 0 Å². The molecule has 1 heterocycles. The fourth-order valence-electron chi connectivity index (χ4n) is 2.75. The molecule has 0 saturated carbocycles. The van der Waals surface area contributed by atoms with E-state index in [4.69, 9.17) is 12.2 Å². The van der Waals surface area contributed by atoms with Gasteiger partial charge in [0.1, 0.15) is 4.99 Å². The molecule has 1 aliphatic heterocycles. The van der Waals surface area contributed by atoms with Gasteiger partial charge in [-0.05, 0) is 46.1 Å². The fraction of sp³-hybridized carbons (Fsp3) is 0.562. The summed E-state index contributed by atoms with van der Waals surface area (Å²) < 4.78 is 0. The summed E-state index contributed by atoms with van der Waals surface area (Å²) in [6.45, 7) is 5.26. The molecule has 3 nitrogen and oxygen atoms in total. The second-order valence-electron chi connectivity index (χ2n) is 5.72. The number of nitrogens with zero attached hydrogens (tertiary/aromatic N) is 3. The summed E-state index contributed by atoms with van der Waals surface area (Å²) in [5, 5.41) is 0. The van der Waals surface area contributed by atoms with Crippen molar-refractivity contribution in [3.05, 3.63) is 29.8 Å². The second kappa shape index (κ2) is 6.55. The highest BCUT2D eigenvalue weighted by atomic mass is 32.1. The van der Waals surface area contributed by atoms with E-state index in [0.29, 0.717) is 6.04 Å². The molecule has 0 aliphatic carbocycles. The predicted octanol–water partition coefficient (Wildman–Crippen LogP) is 2.45. The molecule has 1 atom stereocenters. The molecular formula is C16H25N3S. The first-order valence-electron chi connectivity index (χ1n) is 7.30. The Morgan fingerprint density at radius 1 is 1.30 bits per heavy atom. The van der Waals surface area contributed by atoms with Crippen molar-refractivity contribution in [1.29, 1.82) is 0 Å². The zero-order valence-electron chi connectivity index (χ0n) is 13.0. The first-order valence-corrected chi connectivity index (χ1v) is 7.71. The number of hydrogen-bond donors (Lipinski definition) is 0. The van der Waals surface area contributed by atoms with Crippen molar-refractivity contribution in [2.75, 3.05) is 45.7 Å². The van der Waals surface area contributed by atoms with E-state index in [-0.39, 0.29) is 0 Å². The lowest BCUT2D eigenvalue weighted by atomic mass is 10.1. The minimum Gasteiger partial charge on any atom is -0.369 e. The van der Waals surface area contributed by atoms with Crippen molar-refractivity contribution in [3.8, 4) is 0 Å². The molecule has 0 aromatic heterocycles. The highest BCUT2D eigenvalue weighted by molar-refractivity contribution is 7.80. The van der Waals surface area contributed by atoms with Gasteiger partial charge in [-0.2, -0.15) is 0 Å². The van der Waals surface area contributed by atoms with Crippen LogP contribution in [0.15, 0.2) is 24.3 Å². The Hall–Kier alpha value is -1.13. The number of likely N-dealkylation sites (N-methyl/N-ethyl adjacent to an activating group) is 2. The molecule has 0 N–H and O–H groups in total. The molecule has 110 valence electrons. The van der Waals surface area contributed by atoms with Crippen LogP contribution in [0.1, 0.15) is 18.9 Å². The van der Waals surface area contributed by atoms with Crippen molar-refractivity contribution in [2.45, 2.75) is 19.4 Å². The first-order chi connectivity index (χ1) is 9.54. The lowest BCUT2D eigenvalue weighted by molar-refractivity contribution is 0.340. The number of thiocarbonyl (C=S) groups is 1. The normalized spacial score (nSPS) is 19.2. The minimum absolute atomic E-state index is 0.499. The highest BCUT2D eigenvalue weighted by Gasteiger charge is 2.27. The fourth-order valence-corrected chi connectivity index (χ4v) is 3.13. The Kier molecular flexibility index (Phi) is 5.00. The standard InChI is InChI=1S/C16H25N3S/c1-5-19-12-13(10-11-17(2)3)18(4)15-9-7-6-8-14(15)16(19)20/h6-9,13H,5,10-12H2,1-4H3. The average Bonchev–Trinajstić information content (AvgIpc) is 2.55. The number of fused-ring (bicyclic) bond motifs is 1. The van der Waals surface area contributed by atoms with E-state index in [2.05, 4.69) is 67.0 Å². The van der Waals surface area contributed by atoms with Gasteiger partial charge in [-0.3, -0.25) is 0 Å². The SMILES string of the molecule is CCN1CC(CCN(C)C)N(C)c2ccccc2C1=S. The van der Waals surface area contributed by atoms with E-state index in [0.717, 1.165) is 31.0 Å². The van der Waals surface area contributed by atoms with Crippen molar-refractivity contribution in [2.24, 2.45) is 0 Å². The number of hydrogen-bond acceptors (Lipinski definition) is 3. The topological polar surface area (TPSA) is 9.72 Å². The smallest absolute Gasteiger partial charge is 0.111 e. The highest BCUT2D eigenvalue weighted by Crippen LogP contribution is 2.28. The van der Waals surface area contributed by atoms with Crippen LogP contribution in [-0.4, -0.2) is 61.6 Å². The lowest BCUT2D eigenvalue weighted by Gasteiger charge is -2.31. The van der Waals surface area contributed by atoms with Crippen molar-refractivity contribution in [1.82, 2.24) is 9.80 Å². The van der Waals surface area contributed by atoms with E-state index in [1.54, 1.807) is 0 Å². The molecule has 2 rings (SSSR count). The van der Waals surface area contributed by atoms with Crippen LogP contribution in [0.2, 0.25) is 0 Å². The third kappa shape index (κ3) is 3.13. The van der Waals surface area contributed by atoms with Crippen LogP contribution in [0.5, 0.6) is 0 Å². The van der Waals surface area contributed by atoms with Gasteiger partial charge in [-0.1, -0.05) is 24.4 Å². The molecule has 0 fully saturated rings. The molecule has 20 heavy (non-hydrogen) atoms. The molecular weight excluding hydrogens is 266 g/mol. The predicted molar refractivity (Wildman–Crippen MR) is 90.8 cm³/mol. The van der Waals surface area contributed by atoms with Crippen molar-refractivity contribution >= 4 is 22.9 Å². The lowest BCUT2D eigenvalue weighted by Crippen LogP contribution is -2.42. The molecule has 1 unspecified atom stereocenters. The third-order valence-electron chi connectivity index (χ3n) is 4.07. The Morgan fingerprint density at radius 2 is 2.00 bits per heavy atom. The van der Waals surface area contributed by atoms with Gasteiger partial charge in [0.25, 0.3) is 0 Å². The molecule has 4 heteroatoms. The molecule has 0 bridgehead atoms. The van der Waals surface area contributed by atoms with Gasteiger partial charge >= 0.3 is 0 Å². The maximum atomic E-state index is 5.70. The molecule has 1 aromatic carbocycles. The molecule has 0 spiro atoms. The molecule has 1 aliphatic rings. The zero-order valence-corrected chi connectivity index (χ0v) is 13.8. The van der Waals surface area contributed by atoms with Gasteiger partial charge in [-0.25, -0.2) is 0 Å². The van der Waals surface area contributed by atoms with Crippen molar-refractivity contribution < 1.29 is 0 Å². The molecule has 1 aromatic rings.